The lowest BCUT2D eigenvalue weighted by Gasteiger charge is -2.26. The first-order chi connectivity index (χ1) is 7.66. The Morgan fingerprint density at radius 2 is 2.50 bits per heavy atom. The van der Waals surface area contributed by atoms with Gasteiger partial charge in [-0.25, -0.2) is 0 Å². The van der Waals surface area contributed by atoms with Crippen LogP contribution in [0.15, 0.2) is 12.3 Å². The molecule has 1 atom stereocenters. The third-order valence-electron chi connectivity index (χ3n) is 3.49. The van der Waals surface area contributed by atoms with Crippen LogP contribution in [0, 0.1) is 0 Å². The van der Waals surface area contributed by atoms with Crippen LogP contribution in [-0.2, 0) is 18.3 Å². The van der Waals surface area contributed by atoms with Crippen molar-refractivity contribution in [3.8, 4) is 0 Å². The molecule has 4 nitrogen and oxygen atoms in total. The van der Waals surface area contributed by atoms with E-state index in [2.05, 4.69) is 17.3 Å². The molecule has 1 saturated heterocycles. The Kier molecular flexibility index (Phi) is 3.10. The van der Waals surface area contributed by atoms with Gasteiger partial charge in [0, 0.05) is 13.2 Å². The van der Waals surface area contributed by atoms with Gasteiger partial charge in [0.15, 0.2) is 5.78 Å². The fourth-order valence-electron chi connectivity index (χ4n) is 2.43. The number of rotatable bonds is 4. The Hall–Kier alpha value is -1.16. The van der Waals surface area contributed by atoms with Crippen molar-refractivity contribution < 1.29 is 4.79 Å². The van der Waals surface area contributed by atoms with E-state index in [-0.39, 0.29) is 11.3 Å². The molecule has 0 aromatic carbocycles. The Bertz CT molecular complexity index is 377. The molecule has 0 bridgehead atoms. The molecule has 0 aliphatic carbocycles. The summed E-state index contributed by atoms with van der Waals surface area (Å²) in [6.45, 7) is 3.04. The van der Waals surface area contributed by atoms with Gasteiger partial charge < -0.3 is 5.32 Å². The standard InChI is InChI=1S/C12H19N3O/c1-3-12(6-4-7-13-12)11(16)9-10-5-8-15(2)14-10/h5,8,13H,3-4,6-7,9H2,1-2H3. The molecule has 4 heteroatoms. The first-order valence-corrected chi connectivity index (χ1v) is 5.93. The van der Waals surface area contributed by atoms with Crippen molar-refractivity contribution in [2.24, 2.45) is 7.05 Å². The second kappa shape index (κ2) is 4.37. The zero-order chi connectivity index (χ0) is 11.6. The second-order valence-electron chi connectivity index (χ2n) is 4.55. The maximum Gasteiger partial charge on any atom is 0.158 e. The largest absolute Gasteiger partial charge is 0.305 e. The van der Waals surface area contributed by atoms with E-state index < -0.39 is 0 Å². The van der Waals surface area contributed by atoms with Gasteiger partial charge in [-0.3, -0.25) is 9.48 Å². The quantitative estimate of drug-likeness (QED) is 0.827. The Balaban J connectivity index is 2.07. The van der Waals surface area contributed by atoms with Crippen molar-refractivity contribution >= 4 is 5.78 Å². The average Bonchev–Trinajstić information content (AvgIpc) is 2.88. The van der Waals surface area contributed by atoms with Crippen LogP contribution in [0.3, 0.4) is 0 Å². The minimum atomic E-state index is -0.280. The number of aryl methyl sites for hydroxylation is 1. The fraction of sp³-hybridized carbons (Fsp3) is 0.667. The van der Waals surface area contributed by atoms with Crippen molar-refractivity contribution in [2.75, 3.05) is 6.54 Å². The minimum Gasteiger partial charge on any atom is -0.305 e. The van der Waals surface area contributed by atoms with Crippen molar-refractivity contribution in [3.05, 3.63) is 18.0 Å². The highest BCUT2D eigenvalue weighted by atomic mass is 16.1. The first kappa shape index (κ1) is 11.3. The SMILES string of the molecule is CCC1(C(=O)Cc2ccn(C)n2)CCCN1. The van der Waals surface area contributed by atoms with Gasteiger partial charge in [0.1, 0.15) is 0 Å². The lowest BCUT2D eigenvalue weighted by molar-refractivity contribution is -0.124. The number of carbonyl (C=O) groups is 1. The summed E-state index contributed by atoms with van der Waals surface area (Å²) in [4.78, 5) is 12.3. The molecule has 16 heavy (non-hydrogen) atoms. The Morgan fingerprint density at radius 1 is 1.69 bits per heavy atom. The molecule has 1 aromatic heterocycles. The maximum atomic E-state index is 12.3. The highest BCUT2D eigenvalue weighted by Crippen LogP contribution is 2.25. The van der Waals surface area contributed by atoms with Crippen LogP contribution in [0.1, 0.15) is 31.9 Å². The highest BCUT2D eigenvalue weighted by molar-refractivity contribution is 5.90. The third-order valence-corrected chi connectivity index (χ3v) is 3.49. The van der Waals surface area contributed by atoms with Gasteiger partial charge in [-0.15, -0.1) is 0 Å². The molecular weight excluding hydrogens is 202 g/mol. The van der Waals surface area contributed by atoms with Crippen molar-refractivity contribution in [2.45, 2.75) is 38.1 Å². The van der Waals surface area contributed by atoms with E-state index in [0.29, 0.717) is 6.42 Å². The lowest BCUT2D eigenvalue weighted by Crippen LogP contribution is -2.47. The van der Waals surface area contributed by atoms with Crippen LogP contribution in [-0.4, -0.2) is 27.6 Å². The molecular formula is C12H19N3O. The molecule has 2 rings (SSSR count). The van der Waals surface area contributed by atoms with Crippen molar-refractivity contribution in [1.82, 2.24) is 15.1 Å². The van der Waals surface area contributed by atoms with Gasteiger partial charge in [0.2, 0.25) is 0 Å². The zero-order valence-corrected chi connectivity index (χ0v) is 9.99. The van der Waals surface area contributed by atoms with Gasteiger partial charge in [-0.2, -0.15) is 5.10 Å². The van der Waals surface area contributed by atoms with E-state index in [0.717, 1.165) is 31.5 Å². The van der Waals surface area contributed by atoms with Crippen molar-refractivity contribution in [3.63, 3.8) is 0 Å². The summed E-state index contributed by atoms with van der Waals surface area (Å²) in [5.41, 5.74) is 0.589. The van der Waals surface area contributed by atoms with Gasteiger partial charge in [-0.05, 0) is 31.9 Å². The number of hydrogen-bond acceptors (Lipinski definition) is 3. The molecule has 1 aliphatic heterocycles. The topological polar surface area (TPSA) is 46.9 Å². The smallest absolute Gasteiger partial charge is 0.158 e. The Labute approximate surface area is 96.0 Å². The third kappa shape index (κ3) is 2.02. The second-order valence-corrected chi connectivity index (χ2v) is 4.55. The van der Waals surface area contributed by atoms with E-state index in [1.807, 2.05) is 19.3 Å². The summed E-state index contributed by atoms with van der Waals surface area (Å²) in [5, 5.41) is 7.62. The molecule has 2 heterocycles. The van der Waals surface area contributed by atoms with E-state index >= 15 is 0 Å². The van der Waals surface area contributed by atoms with Crippen LogP contribution in [0.5, 0.6) is 0 Å². The van der Waals surface area contributed by atoms with E-state index in [1.165, 1.54) is 0 Å². The zero-order valence-electron chi connectivity index (χ0n) is 9.99. The fourth-order valence-corrected chi connectivity index (χ4v) is 2.43. The van der Waals surface area contributed by atoms with Crippen LogP contribution in [0.25, 0.3) is 0 Å². The van der Waals surface area contributed by atoms with Crippen LogP contribution in [0.4, 0.5) is 0 Å². The number of nitrogens with zero attached hydrogens (tertiary/aromatic N) is 2. The van der Waals surface area contributed by atoms with Crippen LogP contribution in [0.2, 0.25) is 0 Å². The summed E-state index contributed by atoms with van der Waals surface area (Å²) in [5.74, 6) is 0.284. The highest BCUT2D eigenvalue weighted by Gasteiger charge is 2.38. The molecule has 1 aliphatic rings. The van der Waals surface area contributed by atoms with Crippen molar-refractivity contribution in [1.29, 1.82) is 0 Å². The molecule has 1 fully saturated rings. The van der Waals surface area contributed by atoms with Gasteiger partial charge in [0.05, 0.1) is 17.7 Å². The maximum absolute atomic E-state index is 12.3. The van der Waals surface area contributed by atoms with Gasteiger partial charge in [0.25, 0.3) is 0 Å². The normalized spacial score (nSPS) is 24.9. The predicted molar refractivity (Wildman–Crippen MR) is 62.2 cm³/mol. The molecule has 0 saturated carbocycles. The van der Waals surface area contributed by atoms with E-state index in [4.69, 9.17) is 0 Å². The molecule has 1 N–H and O–H groups in total. The summed E-state index contributed by atoms with van der Waals surface area (Å²) in [6, 6.07) is 1.91. The van der Waals surface area contributed by atoms with Crippen LogP contribution >= 0.6 is 0 Å². The lowest BCUT2D eigenvalue weighted by atomic mass is 9.87. The molecule has 0 amide bonds. The van der Waals surface area contributed by atoms with Gasteiger partial charge in [-0.1, -0.05) is 6.92 Å². The molecule has 0 radical (unpaired) electrons. The summed E-state index contributed by atoms with van der Waals surface area (Å²) in [7, 11) is 1.87. The molecule has 0 spiro atoms. The number of ketones is 1. The number of hydrogen-bond donors (Lipinski definition) is 1. The number of carbonyl (C=O) groups excluding carboxylic acids is 1. The van der Waals surface area contributed by atoms with E-state index in [1.54, 1.807) is 4.68 Å². The van der Waals surface area contributed by atoms with E-state index in [9.17, 15) is 4.79 Å². The number of Topliss-reactive ketones (excluding diaryl/α,β-unsaturated/α-hetero) is 1. The molecule has 1 aromatic rings. The Morgan fingerprint density at radius 3 is 3.00 bits per heavy atom. The molecule has 88 valence electrons. The van der Waals surface area contributed by atoms with Gasteiger partial charge >= 0.3 is 0 Å². The predicted octanol–water partition coefficient (Wildman–Crippen LogP) is 1.06. The monoisotopic (exact) mass is 221 g/mol. The average molecular weight is 221 g/mol. The summed E-state index contributed by atoms with van der Waals surface area (Å²) < 4.78 is 1.74. The number of nitrogens with one attached hydrogen (secondary N) is 1. The minimum absolute atomic E-state index is 0.280. The first-order valence-electron chi connectivity index (χ1n) is 5.93. The van der Waals surface area contributed by atoms with Crippen LogP contribution < -0.4 is 5.32 Å². The summed E-state index contributed by atoms with van der Waals surface area (Å²) in [6.07, 6.45) is 5.26. The summed E-state index contributed by atoms with van der Waals surface area (Å²) >= 11 is 0. The molecule has 1 unspecified atom stereocenters. The number of aromatic nitrogens is 2.